The predicted molar refractivity (Wildman–Crippen MR) is 88.6 cm³/mol. The lowest BCUT2D eigenvalue weighted by atomic mass is 10.1. The van der Waals surface area contributed by atoms with Crippen molar-refractivity contribution in [3.63, 3.8) is 0 Å². The van der Waals surface area contributed by atoms with E-state index >= 15 is 0 Å². The minimum atomic E-state index is 0.157. The van der Waals surface area contributed by atoms with Gasteiger partial charge in [-0.25, -0.2) is 4.98 Å². The first-order chi connectivity index (χ1) is 9.26. The van der Waals surface area contributed by atoms with Crippen molar-refractivity contribution in [3.8, 4) is 0 Å². The van der Waals surface area contributed by atoms with Crippen molar-refractivity contribution < 1.29 is 0 Å². The minimum absolute atomic E-state index is 0.157. The fraction of sp³-hybridized carbons (Fsp3) is 0.812. The molecule has 1 N–H and O–H groups in total. The monoisotopic (exact) mass is 295 g/mol. The third-order valence-corrected chi connectivity index (χ3v) is 4.65. The topological polar surface area (TPSA) is 28.2 Å². The van der Waals surface area contributed by atoms with E-state index in [1.54, 1.807) is 0 Å². The van der Waals surface area contributed by atoms with Gasteiger partial charge < -0.3 is 10.2 Å². The van der Waals surface area contributed by atoms with Crippen LogP contribution in [-0.2, 0) is 6.54 Å². The predicted octanol–water partition coefficient (Wildman–Crippen LogP) is 3.96. The molecule has 0 aromatic carbocycles. The zero-order chi connectivity index (χ0) is 14.9. The molecule has 1 aromatic heterocycles. The maximum absolute atomic E-state index is 4.83. The van der Waals surface area contributed by atoms with Gasteiger partial charge in [0.2, 0.25) is 0 Å². The number of anilines is 1. The SMILES string of the molecule is Cc1nc(N(CC(C)C)C2CC2)sc1CNC(C)(C)C. The van der Waals surface area contributed by atoms with Gasteiger partial charge in [0.25, 0.3) is 0 Å². The van der Waals surface area contributed by atoms with E-state index in [0.29, 0.717) is 5.92 Å². The smallest absolute Gasteiger partial charge is 0.186 e. The van der Waals surface area contributed by atoms with Crippen LogP contribution in [0, 0.1) is 12.8 Å². The van der Waals surface area contributed by atoms with Crippen LogP contribution in [0.2, 0.25) is 0 Å². The molecular weight excluding hydrogens is 266 g/mol. The van der Waals surface area contributed by atoms with Crippen molar-refractivity contribution >= 4 is 16.5 Å². The average molecular weight is 295 g/mol. The molecule has 4 heteroatoms. The van der Waals surface area contributed by atoms with Crippen LogP contribution >= 0.6 is 11.3 Å². The Balaban J connectivity index is 2.08. The molecule has 0 amide bonds. The molecule has 2 rings (SSSR count). The molecule has 1 fully saturated rings. The third kappa shape index (κ3) is 4.45. The molecule has 1 aromatic rings. The summed E-state index contributed by atoms with van der Waals surface area (Å²) in [6.45, 7) is 15.4. The van der Waals surface area contributed by atoms with E-state index in [0.717, 1.165) is 19.1 Å². The van der Waals surface area contributed by atoms with Gasteiger partial charge in [-0.2, -0.15) is 0 Å². The second kappa shape index (κ2) is 6.02. The molecule has 0 atom stereocenters. The van der Waals surface area contributed by atoms with Crippen LogP contribution in [0.5, 0.6) is 0 Å². The Hall–Kier alpha value is -0.610. The van der Waals surface area contributed by atoms with E-state index in [-0.39, 0.29) is 5.54 Å². The Morgan fingerprint density at radius 2 is 2.00 bits per heavy atom. The molecule has 0 unspecified atom stereocenters. The second-order valence-electron chi connectivity index (χ2n) is 7.39. The lowest BCUT2D eigenvalue weighted by molar-refractivity contribution is 0.425. The molecule has 0 saturated heterocycles. The maximum atomic E-state index is 4.83. The summed E-state index contributed by atoms with van der Waals surface area (Å²) in [5, 5.41) is 4.80. The van der Waals surface area contributed by atoms with Crippen molar-refractivity contribution in [1.82, 2.24) is 10.3 Å². The highest BCUT2D eigenvalue weighted by atomic mass is 32.1. The number of nitrogens with zero attached hydrogens (tertiary/aromatic N) is 2. The van der Waals surface area contributed by atoms with Gasteiger partial charge in [-0.1, -0.05) is 13.8 Å². The van der Waals surface area contributed by atoms with E-state index in [4.69, 9.17) is 4.98 Å². The van der Waals surface area contributed by atoms with Gasteiger partial charge in [-0.3, -0.25) is 0 Å². The van der Waals surface area contributed by atoms with Crippen molar-refractivity contribution in [1.29, 1.82) is 0 Å². The molecule has 3 nitrogen and oxygen atoms in total. The lowest BCUT2D eigenvalue weighted by Crippen LogP contribution is -2.34. The van der Waals surface area contributed by atoms with Gasteiger partial charge in [0, 0.05) is 29.5 Å². The number of rotatable bonds is 6. The summed E-state index contributed by atoms with van der Waals surface area (Å²) in [6.07, 6.45) is 2.67. The largest absolute Gasteiger partial charge is 0.345 e. The lowest BCUT2D eigenvalue weighted by Gasteiger charge is -2.23. The quantitative estimate of drug-likeness (QED) is 0.861. The average Bonchev–Trinajstić information content (AvgIpc) is 3.07. The summed E-state index contributed by atoms with van der Waals surface area (Å²) in [5.74, 6) is 0.691. The Labute approximate surface area is 127 Å². The maximum Gasteiger partial charge on any atom is 0.186 e. The number of hydrogen-bond acceptors (Lipinski definition) is 4. The van der Waals surface area contributed by atoms with E-state index in [1.165, 1.54) is 28.5 Å². The number of aromatic nitrogens is 1. The van der Waals surface area contributed by atoms with Gasteiger partial charge in [0.05, 0.1) is 5.69 Å². The Morgan fingerprint density at radius 3 is 2.50 bits per heavy atom. The van der Waals surface area contributed by atoms with Crippen molar-refractivity contribution in [3.05, 3.63) is 10.6 Å². The minimum Gasteiger partial charge on any atom is -0.345 e. The van der Waals surface area contributed by atoms with Gasteiger partial charge in [-0.05, 0) is 46.5 Å². The molecule has 0 aliphatic heterocycles. The Kier molecular flexibility index (Phi) is 4.75. The molecule has 1 aliphatic carbocycles. The van der Waals surface area contributed by atoms with E-state index in [9.17, 15) is 0 Å². The van der Waals surface area contributed by atoms with Crippen LogP contribution < -0.4 is 10.2 Å². The summed E-state index contributed by atoms with van der Waals surface area (Å²) in [4.78, 5) is 8.74. The molecule has 20 heavy (non-hydrogen) atoms. The Bertz CT molecular complexity index is 441. The van der Waals surface area contributed by atoms with Crippen LogP contribution in [0.4, 0.5) is 5.13 Å². The third-order valence-electron chi connectivity index (χ3n) is 3.46. The van der Waals surface area contributed by atoms with Crippen LogP contribution in [0.3, 0.4) is 0 Å². The summed E-state index contributed by atoms with van der Waals surface area (Å²) < 4.78 is 0. The first-order valence-electron chi connectivity index (χ1n) is 7.74. The number of aryl methyl sites for hydroxylation is 1. The molecule has 1 saturated carbocycles. The normalized spacial score (nSPS) is 15.9. The fourth-order valence-electron chi connectivity index (χ4n) is 2.21. The van der Waals surface area contributed by atoms with Crippen molar-refractivity contribution in [2.45, 2.75) is 72.5 Å². The van der Waals surface area contributed by atoms with Gasteiger partial charge in [0.15, 0.2) is 5.13 Å². The van der Waals surface area contributed by atoms with Crippen LogP contribution in [0.1, 0.15) is 58.0 Å². The molecule has 0 bridgehead atoms. The molecule has 1 aliphatic rings. The summed E-state index contributed by atoms with van der Waals surface area (Å²) in [5.41, 5.74) is 1.35. The zero-order valence-electron chi connectivity index (χ0n) is 13.8. The molecule has 114 valence electrons. The van der Waals surface area contributed by atoms with Gasteiger partial charge >= 0.3 is 0 Å². The highest BCUT2D eigenvalue weighted by Crippen LogP contribution is 2.35. The summed E-state index contributed by atoms with van der Waals surface area (Å²) in [7, 11) is 0. The van der Waals surface area contributed by atoms with Crippen LogP contribution in [-0.4, -0.2) is 23.1 Å². The van der Waals surface area contributed by atoms with Gasteiger partial charge in [-0.15, -0.1) is 11.3 Å². The van der Waals surface area contributed by atoms with E-state index < -0.39 is 0 Å². The summed E-state index contributed by atoms with van der Waals surface area (Å²) in [6, 6.07) is 0.742. The highest BCUT2D eigenvalue weighted by molar-refractivity contribution is 7.15. The Morgan fingerprint density at radius 1 is 1.35 bits per heavy atom. The second-order valence-corrected chi connectivity index (χ2v) is 8.45. The molecule has 0 radical (unpaired) electrons. The van der Waals surface area contributed by atoms with Crippen LogP contribution in [0.15, 0.2) is 0 Å². The van der Waals surface area contributed by atoms with Crippen molar-refractivity contribution in [2.75, 3.05) is 11.4 Å². The number of nitrogens with one attached hydrogen (secondary N) is 1. The molecule has 1 heterocycles. The first-order valence-corrected chi connectivity index (χ1v) is 8.56. The van der Waals surface area contributed by atoms with E-state index in [2.05, 4.69) is 51.8 Å². The van der Waals surface area contributed by atoms with Crippen molar-refractivity contribution in [2.24, 2.45) is 5.92 Å². The molecule has 0 spiro atoms. The number of thiazole rings is 1. The van der Waals surface area contributed by atoms with E-state index in [1.807, 2.05) is 11.3 Å². The fourth-order valence-corrected chi connectivity index (χ4v) is 3.29. The standard InChI is InChI=1S/C16H29N3S/c1-11(2)10-19(13-7-8-13)15-18-12(3)14(20-15)9-17-16(4,5)6/h11,13,17H,7-10H2,1-6H3. The first kappa shape index (κ1) is 15.8. The highest BCUT2D eigenvalue weighted by Gasteiger charge is 2.31. The van der Waals surface area contributed by atoms with Gasteiger partial charge in [0.1, 0.15) is 0 Å². The summed E-state index contributed by atoms with van der Waals surface area (Å²) >= 11 is 1.87. The number of hydrogen-bond donors (Lipinski definition) is 1. The molecular formula is C16H29N3S. The zero-order valence-corrected chi connectivity index (χ0v) is 14.6. The van der Waals surface area contributed by atoms with Crippen LogP contribution in [0.25, 0.3) is 0 Å².